The van der Waals surface area contributed by atoms with Crippen LogP contribution in [0.25, 0.3) is 0 Å². The van der Waals surface area contributed by atoms with Crippen LogP contribution >= 0.6 is 0 Å². The summed E-state index contributed by atoms with van der Waals surface area (Å²) in [7, 11) is 1.61. The number of halogens is 1. The first kappa shape index (κ1) is 19.0. The van der Waals surface area contributed by atoms with E-state index in [1.807, 2.05) is 18.2 Å². The van der Waals surface area contributed by atoms with Crippen molar-refractivity contribution in [1.82, 2.24) is 10.2 Å². The van der Waals surface area contributed by atoms with Crippen molar-refractivity contribution >= 4 is 11.8 Å². The maximum atomic E-state index is 13.3. The highest BCUT2D eigenvalue weighted by Gasteiger charge is 2.34. The van der Waals surface area contributed by atoms with E-state index >= 15 is 0 Å². The normalized spacial score (nSPS) is 14.1. The summed E-state index contributed by atoms with van der Waals surface area (Å²) < 4.78 is 18.3. The summed E-state index contributed by atoms with van der Waals surface area (Å²) in [6.45, 7) is 1.52. The van der Waals surface area contributed by atoms with Crippen molar-refractivity contribution in [2.75, 3.05) is 20.3 Å². The van der Waals surface area contributed by atoms with Gasteiger partial charge in [0, 0.05) is 32.4 Å². The Morgan fingerprint density at radius 2 is 1.96 bits per heavy atom. The Morgan fingerprint density at radius 3 is 2.67 bits per heavy atom. The second-order valence-corrected chi connectivity index (χ2v) is 6.56. The molecule has 0 aromatic heterocycles. The Labute approximate surface area is 158 Å². The van der Waals surface area contributed by atoms with Crippen molar-refractivity contribution in [3.8, 4) is 0 Å². The van der Waals surface area contributed by atoms with E-state index in [-0.39, 0.29) is 24.1 Å². The Morgan fingerprint density at radius 1 is 1.22 bits per heavy atom. The first-order valence-electron chi connectivity index (χ1n) is 9.00. The summed E-state index contributed by atoms with van der Waals surface area (Å²) in [6, 6.07) is 13.0. The number of nitrogens with zero attached hydrogens (tertiary/aromatic N) is 1. The number of methoxy groups -OCH3 is 1. The minimum absolute atomic E-state index is 0.105. The van der Waals surface area contributed by atoms with Crippen molar-refractivity contribution in [2.24, 2.45) is 0 Å². The third-order valence-electron chi connectivity index (χ3n) is 4.71. The number of nitrogens with one attached hydrogen (secondary N) is 1. The van der Waals surface area contributed by atoms with E-state index in [2.05, 4.69) is 5.32 Å². The molecule has 6 heteroatoms. The fourth-order valence-electron chi connectivity index (χ4n) is 3.31. The fraction of sp³-hybridized carbons (Fsp3) is 0.333. The zero-order valence-electron chi connectivity index (χ0n) is 15.3. The summed E-state index contributed by atoms with van der Waals surface area (Å²) in [6.07, 6.45) is 0.843. The van der Waals surface area contributed by atoms with Gasteiger partial charge in [0.15, 0.2) is 0 Å². The van der Waals surface area contributed by atoms with E-state index in [9.17, 15) is 14.0 Å². The average molecular weight is 370 g/mol. The zero-order valence-corrected chi connectivity index (χ0v) is 15.3. The lowest BCUT2D eigenvalue weighted by molar-refractivity contribution is -0.122. The molecule has 0 bridgehead atoms. The third kappa shape index (κ3) is 4.52. The molecule has 5 nitrogen and oxygen atoms in total. The first-order chi connectivity index (χ1) is 13.1. The molecular weight excluding hydrogens is 347 g/mol. The maximum Gasteiger partial charge on any atom is 0.255 e. The van der Waals surface area contributed by atoms with Gasteiger partial charge in [-0.1, -0.05) is 30.3 Å². The summed E-state index contributed by atoms with van der Waals surface area (Å²) in [4.78, 5) is 27.0. The lowest BCUT2D eigenvalue weighted by atomic mass is 10.0. The van der Waals surface area contributed by atoms with Crippen LogP contribution in [0.3, 0.4) is 0 Å². The maximum absolute atomic E-state index is 13.3. The number of benzene rings is 2. The van der Waals surface area contributed by atoms with E-state index in [4.69, 9.17) is 4.74 Å². The third-order valence-corrected chi connectivity index (χ3v) is 4.71. The number of carbonyl (C=O) groups excluding carboxylic acids is 2. The monoisotopic (exact) mass is 370 g/mol. The number of hydrogen-bond donors (Lipinski definition) is 1. The van der Waals surface area contributed by atoms with E-state index in [0.29, 0.717) is 25.3 Å². The first-order valence-corrected chi connectivity index (χ1v) is 9.00. The van der Waals surface area contributed by atoms with E-state index in [0.717, 1.165) is 17.5 Å². The van der Waals surface area contributed by atoms with Gasteiger partial charge in [0.1, 0.15) is 5.82 Å². The molecule has 0 aliphatic carbocycles. The molecule has 1 N–H and O–H groups in total. The lowest BCUT2D eigenvalue weighted by Crippen LogP contribution is -2.34. The molecule has 27 heavy (non-hydrogen) atoms. The Bertz CT molecular complexity index is 807. The van der Waals surface area contributed by atoms with Crippen LogP contribution in [-0.4, -0.2) is 37.0 Å². The summed E-state index contributed by atoms with van der Waals surface area (Å²) in [5.74, 6) is -0.603. The van der Waals surface area contributed by atoms with Crippen molar-refractivity contribution in [1.29, 1.82) is 0 Å². The van der Waals surface area contributed by atoms with Crippen molar-refractivity contribution < 1.29 is 18.7 Å². The zero-order chi connectivity index (χ0) is 19.2. The smallest absolute Gasteiger partial charge is 0.255 e. The highest BCUT2D eigenvalue weighted by Crippen LogP contribution is 2.33. The highest BCUT2D eigenvalue weighted by atomic mass is 19.1. The van der Waals surface area contributed by atoms with Crippen LogP contribution in [0.5, 0.6) is 0 Å². The Hall–Kier alpha value is -2.73. The molecule has 3 rings (SSSR count). The molecule has 1 aliphatic heterocycles. The summed E-state index contributed by atoms with van der Waals surface area (Å²) >= 11 is 0. The van der Waals surface area contributed by atoms with Gasteiger partial charge < -0.3 is 15.0 Å². The molecule has 1 heterocycles. The molecule has 2 aromatic rings. The van der Waals surface area contributed by atoms with Gasteiger partial charge >= 0.3 is 0 Å². The van der Waals surface area contributed by atoms with Crippen LogP contribution in [0, 0.1) is 5.82 Å². The molecule has 142 valence electrons. The lowest BCUT2D eigenvalue weighted by Gasteiger charge is -2.28. The number of fused-ring (bicyclic) bond motifs is 1. The molecule has 0 saturated carbocycles. The van der Waals surface area contributed by atoms with Gasteiger partial charge in [0.2, 0.25) is 5.91 Å². The van der Waals surface area contributed by atoms with Crippen LogP contribution in [-0.2, 0) is 16.1 Å². The molecule has 0 unspecified atom stereocenters. The minimum Gasteiger partial charge on any atom is -0.385 e. The summed E-state index contributed by atoms with van der Waals surface area (Å²) in [5, 5.41) is 2.86. The molecule has 0 saturated heterocycles. The van der Waals surface area contributed by atoms with Gasteiger partial charge in [-0.05, 0) is 35.7 Å². The second kappa shape index (κ2) is 8.77. The Balaban J connectivity index is 1.78. The van der Waals surface area contributed by atoms with E-state index < -0.39 is 6.04 Å². The van der Waals surface area contributed by atoms with Crippen molar-refractivity contribution in [3.63, 3.8) is 0 Å². The number of amides is 2. The highest BCUT2D eigenvalue weighted by molar-refractivity contribution is 5.98. The van der Waals surface area contributed by atoms with E-state index in [1.165, 1.54) is 12.1 Å². The van der Waals surface area contributed by atoms with Crippen LogP contribution in [0.15, 0.2) is 48.5 Å². The average Bonchev–Trinajstić information content (AvgIpc) is 3.01. The predicted octanol–water partition coefficient (Wildman–Crippen LogP) is 3.07. The molecule has 1 atom stereocenters. The van der Waals surface area contributed by atoms with Crippen LogP contribution < -0.4 is 5.32 Å². The molecule has 2 aromatic carbocycles. The predicted molar refractivity (Wildman–Crippen MR) is 99.6 cm³/mol. The SMILES string of the molecule is COCCCNC(=O)C[C@H](c1ccc(F)cc1)N1Cc2ccccc2C1=O. The van der Waals surface area contributed by atoms with Gasteiger partial charge in [-0.15, -0.1) is 0 Å². The topological polar surface area (TPSA) is 58.6 Å². The van der Waals surface area contributed by atoms with Gasteiger partial charge in [0.25, 0.3) is 5.91 Å². The van der Waals surface area contributed by atoms with Gasteiger partial charge in [-0.2, -0.15) is 0 Å². The quantitative estimate of drug-likeness (QED) is 0.727. The van der Waals surface area contributed by atoms with Gasteiger partial charge in [-0.25, -0.2) is 4.39 Å². The molecule has 0 fully saturated rings. The number of hydrogen-bond acceptors (Lipinski definition) is 3. The minimum atomic E-state index is -0.451. The number of rotatable bonds is 8. The molecule has 0 spiro atoms. The van der Waals surface area contributed by atoms with Gasteiger partial charge in [0.05, 0.1) is 12.5 Å². The molecule has 1 aliphatic rings. The van der Waals surface area contributed by atoms with Crippen LogP contribution in [0.1, 0.15) is 40.4 Å². The van der Waals surface area contributed by atoms with E-state index in [1.54, 1.807) is 30.2 Å². The molecule has 2 amide bonds. The summed E-state index contributed by atoms with van der Waals surface area (Å²) in [5.41, 5.74) is 2.34. The van der Waals surface area contributed by atoms with Crippen molar-refractivity contribution in [2.45, 2.75) is 25.4 Å². The molecule has 0 radical (unpaired) electrons. The largest absolute Gasteiger partial charge is 0.385 e. The standard InChI is InChI=1S/C21H23FN2O3/c1-27-12-4-11-23-20(25)13-19(15-7-9-17(22)10-8-15)24-14-16-5-2-3-6-18(16)21(24)26/h2-3,5-10,19H,4,11-14H2,1H3,(H,23,25)/t19-/m1/s1. The second-order valence-electron chi connectivity index (χ2n) is 6.56. The number of carbonyl (C=O) groups is 2. The van der Waals surface area contributed by atoms with Crippen LogP contribution in [0.4, 0.5) is 4.39 Å². The Kier molecular flexibility index (Phi) is 6.19. The van der Waals surface area contributed by atoms with Gasteiger partial charge in [-0.3, -0.25) is 9.59 Å². The van der Waals surface area contributed by atoms with Crippen molar-refractivity contribution in [3.05, 3.63) is 71.0 Å². The fourth-order valence-corrected chi connectivity index (χ4v) is 3.31. The molecular formula is C21H23FN2O3. The van der Waals surface area contributed by atoms with Crippen LogP contribution in [0.2, 0.25) is 0 Å². The number of ether oxygens (including phenoxy) is 1.